The van der Waals surface area contributed by atoms with Crippen LogP contribution in [0, 0.1) is 28.6 Å². The SMILES string of the molecule is CCCCOC(=O)O[C@]1(C(=O)COC(=O)OC)CC[C@H]2[C@@H]3CCC4=CC(=O)C=C[C@]4(C)[C@H]3C(=O)C[C@@]21C. The summed E-state index contributed by atoms with van der Waals surface area (Å²) in [4.78, 5) is 64.0. The molecule has 6 atom stereocenters. The van der Waals surface area contributed by atoms with E-state index in [1.807, 2.05) is 26.8 Å². The fraction of sp³-hybridized carbons (Fsp3) is 0.679. The maximum absolute atomic E-state index is 13.9. The van der Waals surface area contributed by atoms with E-state index in [0.717, 1.165) is 19.1 Å². The predicted molar refractivity (Wildman–Crippen MR) is 130 cm³/mol. The molecule has 4 aliphatic rings. The quantitative estimate of drug-likeness (QED) is 0.355. The van der Waals surface area contributed by atoms with Crippen LogP contribution in [0.5, 0.6) is 0 Å². The van der Waals surface area contributed by atoms with Gasteiger partial charge in [-0.05, 0) is 56.1 Å². The molecule has 0 heterocycles. The number of fused-ring (bicyclic) bond motifs is 5. The Morgan fingerprint density at radius 1 is 1.08 bits per heavy atom. The molecule has 0 unspecified atom stereocenters. The highest BCUT2D eigenvalue weighted by atomic mass is 16.7. The average Bonchev–Trinajstić information content (AvgIpc) is 3.14. The number of allylic oxidation sites excluding steroid dienone is 4. The van der Waals surface area contributed by atoms with Crippen molar-refractivity contribution in [3.63, 3.8) is 0 Å². The second-order valence-electron chi connectivity index (χ2n) is 11.1. The topological polar surface area (TPSA) is 122 Å². The van der Waals surface area contributed by atoms with Crippen LogP contribution >= 0.6 is 0 Å². The van der Waals surface area contributed by atoms with Gasteiger partial charge in [0, 0.05) is 23.2 Å². The second-order valence-corrected chi connectivity index (χ2v) is 11.1. The molecule has 37 heavy (non-hydrogen) atoms. The first-order chi connectivity index (χ1) is 17.5. The molecule has 3 saturated carbocycles. The standard InChI is InChI=1S/C28H36O9/c1-5-6-13-35-25(33)37-28(22(31)16-36-24(32)34-4)12-10-20-19-8-7-17-14-18(29)9-11-26(17,2)23(19)21(30)15-27(20,28)3/h9,11,14,19-20,23H,5-8,10,12-13,15-16H2,1-4H3/t19-,20-,23+,26-,27-,28-/m0/s1. The summed E-state index contributed by atoms with van der Waals surface area (Å²) in [7, 11) is 1.14. The molecule has 0 bridgehead atoms. The molecule has 0 aromatic carbocycles. The smallest absolute Gasteiger partial charge is 0.438 e. The molecule has 4 rings (SSSR count). The number of ether oxygens (including phenoxy) is 4. The number of carbonyl (C=O) groups is 5. The van der Waals surface area contributed by atoms with Crippen molar-refractivity contribution in [3.05, 3.63) is 23.8 Å². The second kappa shape index (κ2) is 10.1. The lowest BCUT2D eigenvalue weighted by molar-refractivity contribution is -0.173. The van der Waals surface area contributed by atoms with Crippen LogP contribution in [0.3, 0.4) is 0 Å². The average molecular weight is 517 g/mol. The zero-order chi connectivity index (χ0) is 27.0. The molecule has 202 valence electrons. The Labute approximate surface area is 216 Å². The summed E-state index contributed by atoms with van der Waals surface area (Å²) >= 11 is 0. The highest BCUT2D eigenvalue weighted by Crippen LogP contribution is 2.67. The molecular weight excluding hydrogens is 480 g/mol. The summed E-state index contributed by atoms with van der Waals surface area (Å²) in [5.41, 5.74) is -2.26. The zero-order valence-electron chi connectivity index (χ0n) is 22.0. The van der Waals surface area contributed by atoms with E-state index in [9.17, 15) is 24.0 Å². The van der Waals surface area contributed by atoms with Crippen molar-refractivity contribution in [2.24, 2.45) is 28.6 Å². The Morgan fingerprint density at radius 3 is 2.54 bits per heavy atom. The Hall–Kier alpha value is -2.97. The summed E-state index contributed by atoms with van der Waals surface area (Å²) in [6.45, 7) is 5.31. The van der Waals surface area contributed by atoms with Gasteiger partial charge in [-0.2, -0.15) is 0 Å². The fourth-order valence-corrected chi connectivity index (χ4v) is 7.47. The van der Waals surface area contributed by atoms with E-state index in [4.69, 9.17) is 14.2 Å². The van der Waals surface area contributed by atoms with E-state index in [1.54, 1.807) is 6.08 Å². The van der Waals surface area contributed by atoms with Crippen molar-refractivity contribution in [2.75, 3.05) is 20.3 Å². The van der Waals surface area contributed by atoms with E-state index < -0.39 is 41.1 Å². The molecule has 0 N–H and O–H groups in total. The maximum atomic E-state index is 13.9. The number of hydrogen-bond donors (Lipinski definition) is 0. The molecule has 3 fully saturated rings. The van der Waals surface area contributed by atoms with Crippen molar-refractivity contribution < 1.29 is 42.9 Å². The van der Waals surface area contributed by atoms with Gasteiger partial charge in [-0.3, -0.25) is 14.4 Å². The van der Waals surface area contributed by atoms with Crippen molar-refractivity contribution in [2.45, 2.75) is 71.3 Å². The number of methoxy groups -OCH3 is 1. The molecule has 9 heteroatoms. The minimum Gasteiger partial charge on any atom is -0.438 e. The van der Waals surface area contributed by atoms with Crippen molar-refractivity contribution >= 4 is 29.7 Å². The molecule has 0 aromatic heterocycles. The van der Waals surface area contributed by atoms with Gasteiger partial charge in [0.15, 0.2) is 18.0 Å². The number of ketones is 3. The largest absolute Gasteiger partial charge is 0.509 e. The van der Waals surface area contributed by atoms with Gasteiger partial charge in [-0.15, -0.1) is 0 Å². The normalized spacial score (nSPS) is 36.0. The number of rotatable bonds is 7. The number of carbonyl (C=O) groups excluding carboxylic acids is 5. The summed E-state index contributed by atoms with van der Waals surface area (Å²) in [5, 5.41) is 0. The Kier molecular flexibility index (Phi) is 7.36. The Morgan fingerprint density at radius 2 is 1.84 bits per heavy atom. The summed E-state index contributed by atoms with van der Waals surface area (Å²) < 4.78 is 20.5. The van der Waals surface area contributed by atoms with Crippen molar-refractivity contribution in [3.8, 4) is 0 Å². The van der Waals surface area contributed by atoms with Crippen LogP contribution in [0.2, 0.25) is 0 Å². The molecule has 0 radical (unpaired) electrons. The first kappa shape index (κ1) is 27.1. The monoisotopic (exact) mass is 516 g/mol. The van der Waals surface area contributed by atoms with Gasteiger partial charge in [0.1, 0.15) is 5.78 Å². The minimum atomic E-state index is -1.68. The van der Waals surface area contributed by atoms with Crippen LogP contribution < -0.4 is 0 Å². The van der Waals surface area contributed by atoms with Crippen LogP contribution in [0.1, 0.15) is 65.7 Å². The van der Waals surface area contributed by atoms with Crippen LogP contribution in [-0.4, -0.2) is 55.6 Å². The lowest BCUT2D eigenvalue weighted by Gasteiger charge is -2.57. The van der Waals surface area contributed by atoms with Gasteiger partial charge in [0.25, 0.3) is 0 Å². The Bertz CT molecular complexity index is 1060. The van der Waals surface area contributed by atoms with E-state index in [1.165, 1.54) is 6.08 Å². The lowest BCUT2D eigenvalue weighted by atomic mass is 9.46. The molecule has 0 amide bonds. The molecule has 0 aliphatic heterocycles. The van der Waals surface area contributed by atoms with Crippen LogP contribution in [0.25, 0.3) is 0 Å². The van der Waals surface area contributed by atoms with E-state index >= 15 is 0 Å². The van der Waals surface area contributed by atoms with Crippen molar-refractivity contribution in [1.82, 2.24) is 0 Å². The first-order valence-corrected chi connectivity index (χ1v) is 13.1. The lowest BCUT2D eigenvalue weighted by Crippen LogP contribution is -2.62. The van der Waals surface area contributed by atoms with Crippen molar-refractivity contribution in [1.29, 1.82) is 0 Å². The van der Waals surface area contributed by atoms with E-state index in [2.05, 4.69) is 4.74 Å². The maximum Gasteiger partial charge on any atom is 0.509 e. The molecule has 4 aliphatic carbocycles. The predicted octanol–water partition coefficient (Wildman–Crippen LogP) is 4.52. The molecular formula is C28H36O9. The first-order valence-electron chi connectivity index (χ1n) is 13.1. The van der Waals surface area contributed by atoms with Crippen LogP contribution in [0.15, 0.2) is 23.8 Å². The number of hydrogen-bond acceptors (Lipinski definition) is 9. The summed E-state index contributed by atoms with van der Waals surface area (Å²) in [6, 6.07) is 0. The van der Waals surface area contributed by atoms with E-state index in [0.29, 0.717) is 25.7 Å². The molecule has 0 spiro atoms. The molecule has 9 nitrogen and oxygen atoms in total. The molecule has 0 saturated heterocycles. The van der Waals surface area contributed by atoms with Gasteiger partial charge < -0.3 is 18.9 Å². The summed E-state index contributed by atoms with van der Waals surface area (Å²) in [6.07, 6.45) is 6.69. The minimum absolute atomic E-state index is 0.0215. The summed E-state index contributed by atoms with van der Waals surface area (Å²) in [5.74, 6) is -1.15. The van der Waals surface area contributed by atoms with Gasteiger partial charge in [0.2, 0.25) is 5.78 Å². The van der Waals surface area contributed by atoms with Gasteiger partial charge in [-0.25, -0.2) is 9.59 Å². The van der Waals surface area contributed by atoms with Gasteiger partial charge >= 0.3 is 12.3 Å². The third kappa shape index (κ3) is 4.40. The third-order valence-electron chi connectivity index (χ3n) is 9.29. The van der Waals surface area contributed by atoms with Crippen LogP contribution in [-0.2, 0) is 33.3 Å². The Balaban J connectivity index is 1.68. The highest BCUT2D eigenvalue weighted by Gasteiger charge is 2.70. The zero-order valence-corrected chi connectivity index (χ0v) is 22.0. The highest BCUT2D eigenvalue weighted by molar-refractivity contribution is 6.02. The fourth-order valence-electron chi connectivity index (χ4n) is 7.47. The number of Topliss-reactive ketones (excluding diaryl/α,β-unsaturated/α-hetero) is 2. The number of unbranched alkanes of at least 4 members (excludes halogenated alkanes) is 1. The van der Waals surface area contributed by atoms with Gasteiger partial charge in [0.05, 0.1) is 13.7 Å². The van der Waals surface area contributed by atoms with Gasteiger partial charge in [-0.1, -0.05) is 38.8 Å². The van der Waals surface area contributed by atoms with E-state index in [-0.39, 0.29) is 48.8 Å². The molecule has 0 aromatic rings. The van der Waals surface area contributed by atoms with Crippen LogP contribution in [0.4, 0.5) is 9.59 Å². The third-order valence-corrected chi connectivity index (χ3v) is 9.29.